The number of aryl methyl sites for hydroxylation is 1. The minimum absolute atomic E-state index is 0.114. The molecule has 4 heteroatoms. The van der Waals surface area contributed by atoms with Gasteiger partial charge in [0.15, 0.2) is 0 Å². The summed E-state index contributed by atoms with van der Waals surface area (Å²) < 4.78 is 30.1. The molecule has 0 unspecified atom stereocenters. The predicted molar refractivity (Wildman–Crippen MR) is 86.2 cm³/mol. The Labute approximate surface area is 128 Å². The molecule has 0 atom stereocenters. The summed E-state index contributed by atoms with van der Waals surface area (Å²) in [4.78, 5) is 0. The maximum absolute atomic E-state index is 10.7. The summed E-state index contributed by atoms with van der Waals surface area (Å²) in [5, 5.41) is 0. The van der Waals surface area contributed by atoms with Gasteiger partial charge in [0, 0.05) is 0 Å². The minimum atomic E-state index is -3.79. The molecule has 1 aliphatic carbocycles. The van der Waals surface area contributed by atoms with Gasteiger partial charge in [0.1, 0.15) is 0 Å². The van der Waals surface area contributed by atoms with E-state index in [0.717, 1.165) is 19.3 Å². The molecule has 0 heterocycles. The second kappa shape index (κ2) is 7.95. The van der Waals surface area contributed by atoms with Gasteiger partial charge < -0.3 is 0 Å². The van der Waals surface area contributed by atoms with Crippen LogP contribution in [0.25, 0.3) is 0 Å². The van der Waals surface area contributed by atoms with Crippen LogP contribution in [0.1, 0.15) is 68.4 Å². The Bertz CT molecular complexity index is 531. The Morgan fingerprint density at radius 1 is 1.00 bits per heavy atom. The summed E-state index contributed by atoms with van der Waals surface area (Å²) in [5.74, 6) is 0.602. The van der Waals surface area contributed by atoms with Crippen molar-refractivity contribution >= 4 is 10.1 Å². The maximum atomic E-state index is 10.7. The summed E-state index contributed by atoms with van der Waals surface area (Å²) in [6.07, 6.45) is 10.1. The van der Waals surface area contributed by atoms with Crippen LogP contribution in [-0.2, 0) is 16.5 Å². The predicted octanol–water partition coefficient (Wildman–Crippen LogP) is 4.33. The summed E-state index contributed by atoms with van der Waals surface area (Å²) in [7, 11) is -3.79. The lowest BCUT2D eigenvalue weighted by Gasteiger charge is -2.24. The lowest BCUT2D eigenvalue weighted by atomic mass is 9.81. The van der Waals surface area contributed by atoms with Gasteiger partial charge in [-0.25, -0.2) is 0 Å². The van der Waals surface area contributed by atoms with Gasteiger partial charge in [0.25, 0.3) is 10.1 Å². The van der Waals surface area contributed by atoms with Crippen LogP contribution < -0.4 is 0 Å². The maximum Gasteiger partial charge on any atom is 0.264 e. The SMILES string of the molecule is O=S(=O)(O)CCCCCc1ccccc1C1CCCCC1. The number of hydrogen-bond acceptors (Lipinski definition) is 2. The molecule has 0 bridgehead atoms. The minimum Gasteiger partial charge on any atom is -0.286 e. The summed E-state index contributed by atoms with van der Waals surface area (Å²) in [6.45, 7) is 0. The molecule has 1 aromatic carbocycles. The zero-order valence-corrected chi connectivity index (χ0v) is 13.4. The van der Waals surface area contributed by atoms with E-state index in [0.29, 0.717) is 12.3 Å². The highest BCUT2D eigenvalue weighted by Gasteiger charge is 2.17. The van der Waals surface area contributed by atoms with E-state index in [1.807, 2.05) is 0 Å². The standard InChI is InChI=1S/C17H26O3S/c18-21(19,20)14-8-2-5-11-16-12-6-7-13-17(16)15-9-3-1-4-10-15/h6-7,12-13,15H,1-5,8-11,14H2,(H,18,19,20). The van der Waals surface area contributed by atoms with Crippen molar-refractivity contribution in [3.8, 4) is 0 Å². The Morgan fingerprint density at radius 3 is 2.43 bits per heavy atom. The van der Waals surface area contributed by atoms with Crippen LogP contribution >= 0.6 is 0 Å². The van der Waals surface area contributed by atoms with Gasteiger partial charge in [0.2, 0.25) is 0 Å². The van der Waals surface area contributed by atoms with E-state index in [9.17, 15) is 8.42 Å². The van der Waals surface area contributed by atoms with E-state index >= 15 is 0 Å². The molecule has 118 valence electrons. The molecule has 21 heavy (non-hydrogen) atoms. The Hall–Kier alpha value is -0.870. The first kappa shape index (κ1) is 16.5. The van der Waals surface area contributed by atoms with Crippen LogP contribution in [0.4, 0.5) is 0 Å². The largest absolute Gasteiger partial charge is 0.286 e. The van der Waals surface area contributed by atoms with Crippen LogP contribution in [-0.4, -0.2) is 18.7 Å². The molecule has 3 nitrogen and oxygen atoms in total. The highest BCUT2D eigenvalue weighted by Crippen LogP contribution is 2.34. The molecule has 1 N–H and O–H groups in total. The normalized spacial score (nSPS) is 17.0. The molecule has 0 radical (unpaired) electrons. The molecule has 0 spiro atoms. The van der Waals surface area contributed by atoms with Crippen molar-refractivity contribution in [2.24, 2.45) is 0 Å². The summed E-state index contributed by atoms with van der Waals surface area (Å²) in [5.41, 5.74) is 2.93. The van der Waals surface area contributed by atoms with Gasteiger partial charge in [0.05, 0.1) is 5.75 Å². The van der Waals surface area contributed by atoms with Gasteiger partial charge in [-0.15, -0.1) is 0 Å². The van der Waals surface area contributed by atoms with Gasteiger partial charge in [-0.2, -0.15) is 8.42 Å². The zero-order valence-electron chi connectivity index (χ0n) is 12.6. The number of rotatable bonds is 7. The topological polar surface area (TPSA) is 54.4 Å². The molecular formula is C17H26O3S. The third kappa shape index (κ3) is 5.79. The van der Waals surface area contributed by atoms with E-state index in [1.165, 1.54) is 43.2 Å². The third-order valence-corrected chi connectivity index (χ3v) is 5.25. The smallest absolute Gasteiger partial charge is 0.264 e. The zero-order chi connectivity index (χ0) is 15.1. The lowest BCUT2D eigenvalue weighted by molar-refractivity contribution is 0.441. The lowest BCUT2D eigenvalue weighted by Crippen LogP contribution is -2.07. The fraction of sp³-hybridized carbons (Fsp3) is 0.647. The van der Waals surface area contributed by atoms with Crippen LogP contribution in [0.2, 0.25) is 0 Å². The molecule has 2 rings (SSSR count). The van der Waals surface area contributed by atoms with Crippen molar-refractivity contribution in [3.63, 3.8) is 0 Å². The first-order chi connectivity index (χ1) is 10.1. The Morgan fingerprint density at radius 2 is 1.71 bits per heavy atom. The average Bonchev–Trinajstić information content (AvgIpc) is 2.47. The highest BCUT2D eigenvalue weighted by atomic mass is 32.2. The van der Waals surface area contributed by atoms with Crippen molar-refractivity contribution in [1.82, 2.24) is 0 Å². The molecule has 1 saturated carbocycles. The second-order valence-electron chi connectivity index (χ2n) is 6.13. The number of benzene rings is 1. The molecule has 1 aliphatic rings. The molecule has 1 fully saturated rings. The van der Waals surface area contributed by atoms with Crippen LogP contribution in [0.3, 0.4) is 0 Å². The van der Waals surface area contributed by atoms with Gasteiger partial charge in [-0.05, 0) is 49.1 Å². The van der Waals surface area contributed by atoms with E-state index in [2.05, 4.69) is 24.3 Å². The molecule has 0 aromatic heterocycles. The second-order valence-corrected chi connectivity index (χ2v) is 7.70. The van der Waals surface area contributed by atoms with Crippen molar-refractivity contribution in [3.05, 3.63) is 35.4 Å². The van der Waals surface area contributed by atoms with E-state index in [-0.39, 0.29) is 5.75 Å². The van der Waals surface area contributed by atoms with Crippen LogP contribution in [0.15, 0.2) is 24.3 Å². The molecule has 0 saturated heterocycles. The average molecular weight is 310 g/mol. The molecule has 0 amide bonds. The van der Waals surface area contributed by atoms with E-state index in [1.54, 1.807) is 0 Å². The fourth-order valence-electron chi connectivity index (χ4n) is 3.35. The van der Waals surface area contributed by atoms with Gasteiger partial charge in [-0.3, -0.25) is 4.55 Å². The molecular weight excluding hydrogens is 284 g/mol. The van der Waals surface area contributed by atoms with E-state index < -0.39 is 10.1 Å². The molecule has 1 aromatic rings. The Balaban J connectivity index is 1.85. The van der Waals surface area contributed by atoms with Crippen molar-refractivity contribution in [1.29, 1.82) is 0 Å². The van der Waals surface area contributed by atoms with Gasteiger partial charge in [-0.1, -0.05) is 49.9 Å². The Kier molecular flexibility index (Phi) is 6.24. The summed E-state index contributed by atoms with van der Waals surface area (Å²) >= 11 is 0. The van der Waals surface area contributed by atoms with Crippen LogP contribution in [0, 0.1) is 0 Å². The first-order valence-electron chi connectivity index (χ1n) is 8.09. The quantitative estimate of drug-likeness (QED) is 0.602. The first-order valence-corrected chi connectivity index (χ1v) is 9.70. The molecule has 0 aliphatic heterocycles. The summed E-state index contributed by atoms with van der Waals surface area (Å²) in [6, 6.07) is 8.71. The van der Waals surface area contributed by atoms with Crippen molar-refractivity contribution in [2.75, 3.05) is 5.75 Å². The van der Waals surface area contributed by atoms with Crippen molar-refractivity contribution in [2.45, 2.75) is 63.7 Å². The van der Waals surface area contributed by atoms with Crippen molar-refractivity contribution < 1.29 is 13.0 Å². The number of hydrogen-bond donors (Lipinski definition) is 1. The highest BCUT2D eigenvalue weighted by molar-refractivity contribution is 7.85. The van der Waals surface area contributed by atoms with Gasteiger partial charge >= 0.3 is 0 Å². The number of unbranched alkanes of at least 4 members (excludes halogenated alkanes) is 2. The van der Waals surface area contributed by atoms with E-state index in [4.69, 9.17) is 4.55 Å². The third-order valence-electron chi connectivity index (χ3n) is 4.45. The van der Waals surface area contributed by atoms with Crippen LogP contribution in [0.5, 0.6) is 0 Å². The monoisotopic (exact) mass is 310 g/mol. The fourth-order valence-corrected chi connectivity index (χ4v) is 3.92.